The number of carbonyl (C=O) groups is 2. The molecule has 3 N–H and O–H groups in total. The number of carbonyl (C=O) groups excluding carboxylic acids is 2. The maximum atomic E-state index is 11.9. The summed E-state index contributed by atoms with van der Waals surface area (Å²) in [5.41, 5.74) is 6.05. The molecule has 5 nitrogen and oxygen atoms in total. The lowest BCUT2D eigenvalue weighted by Gasteiger charge is -2.28. The van der Waals surface area contributed by atoms with E-state index in [4.69, 9.17) is 5.73 Å². The molecule has 2 aliphatic rings. The van der Waals surface area contributed by atoms with Crippen molar-refractivity contribution >= 4 is 11.8 Å². The Bertz CT molecular complexity index is 340. The van der Waals surface area contributed by atoms with Crippen molar-refractivity contribution in [2.75, 3.05) is 19.6 Å². The number of nitrogens with one attached hydrogen (secondary N) is 1. The highest BCUT2D eigenvalue weighted by molar-refractivity contribution is 5.79. The molecule has 5 heteroatoms. The van der Waals surface area contributed by atoms with Gasteiger partial charge in [0.15, 0.2) is 0 Å². The summed E-state index contributed by atoms with van der Waals surface area (Å²) < 4.78 is 0. The van der Waals surface area contributed by atoms with Crippen LogP contribution in [0.15, 0.2) is 0 Å². The Hall–Kier alpha value is -1.10. The fourth-order valence-electron chi connectivity index (χ4n) is 3.23. The van der Waals surface area contributed by atoms with Crippen LogP contribution >= 0.6 is 0 Å². The van der Waals surface area contributed by atoms with Crippen LogP contribution < -0.4 is 11.1 Å². The van der Waals surface area contributed by atoms with Crippen LogP contribution in [0, 0.1) is 5.92 Å². The van der Waals surface area contributed by atoms with E-state index in [0.717, 1.165) is 38.8 Å². The predicted molar refractivity (Wildman–Crippen MR) is 78.0 cm³/mol. The van der Waals surface area contributed by atoms with Crippen molar-refractivity contribution in [3.05, 3.63) is 0 Å². The molecule has 1 saturated heterocycles. The van der Waals surface area contributed by atoms with Crippen LogP contribution in [-0.4, -0.2) is 42.4 Å². The quantitative estimate of drug-likeness (QED) is 0.790. The van der Waals surface area contributed by atoms with Crippen molar-refractivity contribution in [3.63, 3.8) is 0 Å². The van der Waals surface area contributed by atoms with Gasteiger partial charge in [0, 0.05) is 38.5 Å². The van der Waals surface area contributed by atoms with Gasteiger partial charge in [0.2, 0.25) is 11.8 Å². The third kappa shape index (κ3) is 4.47. The number of nitrogens with zero attached hydrogens (tertiary/aromatic N) is 1. The molecule has 0 spiro atoms. The summed E-state index contributed by atoms with van der Waals surface area (Å²) in [5, 5.41) is 2.86. The van der Waals surface area contributed by atoms with E-state index in [1.807, 2.05) is 4.90 Å². The number of likely N-dealkylation sites (tertiary alicyclic amines) is 1. The highest BCUT2D eigenvalue weighted by atomic mass is 16.2. The van der Waals surface area contributed by atoms with E-state index in [9.17, 15) is 9.59 Å². The van der Waals surface area contributed by atoms with Crippen molar-refractivity contribution in [3.8, 4) is 0 Å². The molecule has 2 atom stereocenters. The highest BCUT2D eigenvalue weighted by Crippen LogP contribution is 2.25. The van der Waals surface area contributed by atoms with Crippen molar-refractivity contribution in [2.45, 2.75) is 57.4 Å². The fraction of sp³-hybridized carbons (Fsp3) is 0.867. The molecule has 0 bridgehead atoms. The van der Waals surface area contributed by atoms with Crippen molar-refractivity contribution in [1.82, 2.24) is 10.2 Å². The summed E-state index contributed by atoms with van der Waals surface area (Å²) in [4.78, 5) is 25.6. The van der Waals surface area contributed by atoms with Crippen molar-refractivity contribution < 1.29 is 9.59 Å². The Morgan fingerprint density at radius 3 is 2.50 bits per heavy atom. The van der Waals surface area contributed by atoms with Crippen LogP contribution in [0.2, 0.25) is 0 Å². The SMILES string of the molecule is NC1CCCCC1CC(=O)NCCC(=O)N1CCCC1. The van der Waals surface area contributed by atoms with Gasteiger partial charge in [0.1, 0.15) is 0 Å². The van der Waals surface area contributed by atoms with Gasteiger partial charge in [0.05, 0.1) is 0 Å². The minimum Gasteiger partial charge on any atom is -0.356 e. The second kappa shape index (κ2) is 7.62. The highest BCUT2D eigenvalue weighted by Gasteiger charge is 2.24. The molecule has 2 unspecified atom stereocenters. The third-order valence-electron chi connectivity index (χ3n) is 4.54. The Balaban J connectivity index is 1.61. The minimum atomic E-state index is 0.0431. The van der Waals surface area contributed by atoms with Gasteiger partial charge in [-0.05, 0) is 31.6 Å². The van der Waals surface area contributed by atoms with Crippen molar-refractivity contribution in [1.29, 1.82) is 0 Å². The van der Waals surface area contributed by atoms with Crippen LogP contribution in [0.4, 0.5) is 0 Å². The van der Waals surface area contributed by atoms with Crippen LogP contribution in [0.3, 0.4) is 0 Å². The molecule has 114 valence electrons. The topological polar surface area (TPSA) is 75.4 Å². The maximum Gasteiger partial charge on any atom is 0.224 e. The number of amides is 2. The van der Waals surface area contributed by atoms with Gasteiger partial charge in [-0.15, -0.1) is 0 Å². The second-order valence-electron chi connectivity index (χ2n) is 6.10. The second-order valence-corrected chi connectivity index (χ2v) is 6.10. The Morgan fingerprint density at radius 1 is 1.10 bits per heavy atom. The van der Waals surface area contributed by atoms with Gasteiger partial charge in [-0.25, -0.2) is 0 Å². The Morgan fingerprint density at radius 2 is 1.80 bits per heavy atom. The van der Waals surface area contributed by atoms with E-state index < -0.39 is 0 Å². The van der Waals surface area contributed by atoms with E-state index in [2.05, 4.69) is 5.32 Å². The summed E-state index contributed by atoms with van der Waals surface area (Å²) in [6, 6.07) is 0.167. The lowest BCUT2D eigenvalue weighted by Crippen LogP contribution is -2.38. The lowest BCUT2D eigenvalue weighted by molar-refractivity contribution is -0.130. The number of nitrogens with two attached hydrogens (primary N) is 1. The Kier molecular flexibility index (Phi) is 5.83. The zero-order valence-electron chi connectivity index (χ0n) is 12.3. The molecular formula is C15H27N3O2. The fourth-order valence-corrected chi connectivity index (χ4v) is 3.23. The monoisotopic (exact) mass is 281 g/mol. The normalized spacial score (nSPS) is 26.6. The van der Waals surface area contributed by atoms with Gasteiger partial charge < -0.3 is 16.0 Å². The molecule has 1 aliphatic carbocycles. The predicted octanol–water partition coefficient (Wildman–Crippen LogP) is 1.02. The summed E-state index contributed by atoms with van der Waals surface area (Å²) in [5.74, 6) is 0.525. The van der Waals surface area contributed by atoms with E-state index in [-0.39, 0.29) is 17.9 Å². The molecule has 1 saturated carbocycles. The Labute approximate surface area is 121 Å². The van der Waals surface area contributed by atoms with Crippen molar-refractivity contribution in [2.24, 2.45) is 11.7 Å². The summed E-state index contributed by atoms with van der Waals surface area (Å²) in [7, 11) is 0. The number of hydrogen-bond acceptors (Lipinski definition) is 3. The largest absolute Gasteiger partial charge is 0.356 e. The number of rotatable bonds is 5. The molecule has 0 aromatic rings. The first kappa shape index (κ1) is 15.3. The first-order valence-corrected chi connectivity index (χ1v) is 7.97. The molecule has 1 aliphatic heterocycles. The standard InChI is InChI=1S/C15H27N3O2/c16-13-6-2-1-5-12(13)11-14(19)17-8-7-15(20)18-9-3-4-10-18/h12-13H,1-11,16H2,(H,17,19). The van der Waals surface area contributed by atoms with Crippen LogP contribution in [0.25, 0.3) is 0 Å². The molecule has 0 aromatic carbocycles. The summed E-state index contributed by atoms with van der Waals surface area (Å²) >= 11 is 0. The van der Waals surface area contributed by atoms with Gasteiger partial charge in [-0.2, -0.15) is 0 Å². The van der Waals surface area contributed by atoms with Gasteiger partial charge in [0.25, 0.3) is 0 Å². The average molecular weight is 281 g/mol. The van der Waals surface area contributed by atoms with Gasteiger partial charge >= 0.3 is 0 Å². The molecule has 0 aromatic heterocycles. The van der Waals surface area contributed by atoms with E-state index in [0.29, 0.717) is 25.3 Å². The minimum absolute atomic E-state index is 0.0431. The van der Waals surface area contributed by atoms with Gasteiger partial charge in [-0.1, -0.05) is 12.8 Å². The van der Waals surface area contributed by atoms with Crippen LogP contribution in [0.5, 0.6) is 0 Å². The molecule has 0 radical (unpaired) electrons. The molecule has 2 amide bonds. The zero-order valence-corrected chi connectivity index (χ0v) is 12.3. The van der Waals surface area contributed by atoms with E-state index in [1.165, 1.54) is 12.8 Å². The smallest absolute Gasteiger partial charge is 0.224 e. The third-order valence-corrected chi connectivity index (χ3v) is 4.54. The van der Waals surface area contributed by atoms with E-state index >= 15 is 0 Å². The summed E-state index contributed by atoms with van der Waals surface area (Å²) in [6.07, 6.45) is 7.60. The first-order valence-electron chi connectivity index (χ1n) is 7.97. The number of hydrogen-bond donors (Lipinski definition) is 2. The molecule has 1 heterocycles. The molecule has 2 rings (SSSR count). The molecule has 20 heavy (non-hydrogen) atoms. The average Bonchev–Trinajstić information content (AvgIpc) is 2.95. The van der Waals surface area contributed by atoms with E-state index in [1.54, 1.807) is 0 Å². The first-order chi connectivity index (χ1) is 9.66. The van der Waals surface area contributed by atoms with Crippen LogP contribution in [-0.2, 0) is 9.59 Å². The zero-order chi connectivity index (χ0) is 14.4. The maximum absolute atomic E-state index is 11.9. The molecule has 2 fully saturated rings. The molecular weight excluding hydrogens is 254 g/mol. The van der Waals surface area contributed by atoms with Crippen LogP contribution in [0.1, 0.15) is 51.4 Å². The lowest BCUT2D eigenvalue weighted by atomic mass is 9.83. The van der Waals surface area contributed by atoms with Gasteiger partial charge in [-0.3, -0.25) is 9.59 Å². The summed E-state index contributed by atoms with van der Waals surface area (Å²) in [6.45, 7) is 2.21.